The van der Waals surface area contributed by atoms with Gasteiger partial charge in [0.1, 0.15) is 0 Å². The molecular formula is C13H18ClNO. The van der Waals surface area contributed by atoms with Crippen molar-refractivity contribution in [2.24, 2.45) is 5.92 Å². The highest BCUT2D eigenvalue weighted by Crippen LogP contribution is 2.29. The van der Waals surface area contributed by atoms with Crippen LogP contribution >= 0.6 is 11.6 Å². The Balaban J connectivity index is 1.86. The summed E-state index contributed by atoms with van der Waals surface area (Å²) >= 11 is 6.01. The van der Waals surface area contributed by atoms with E-state index in [1.807, 2.05) is 6.07 Å². The highest BCUT2D eigenvalue weighted by Gasteiger charge is 2.19. The van der Waals surface area contributed by atoms with Gasteiger partial charge in [-0.15, -0.1) is 0 Å². The summed E-state index contributed by atoms with van der Waals surface area (Å²) in [6.07, 6.45) is 9.88. The van der Waals surface area contributed by atoms with Crippen molar-refractivity contribution < 1.29 is 5.11 Å². The zero-order valence-electron chi connectivity index (χ0n) is 9.40. The number of rotatable bonds is 4. The summed E-state index contributed by atoms with van der Waals surface area (Å²) in [6.45, 7) is 0. The SMILES string of the molecule is OC(Cc1ccncc1Cl)CC1CCCC1. The van der Waals surface area contributed by atoms with Crippen LogP contribution in [0, 0.1) is 5.92 Å². The number of aromatic nitrogens is 1. The van der Waals surface area contributed by atoms with Gasteiger partial charge in [-0.2, -0.15) is 0 Å². The molecule has 2 nitrogen and oxygen atoms in total. The van der Waals surface area contributed by atoms with Gasteiger partial charge in [0.2, 0.25) is 0 Å². The first-order valence-electron chi connectivity index (χ1n) is 6.02. The molecule has 0 bridgehead atoms. The van der Waals surface area contributed by atoms with Gasteiger partial charge in [0.25, 0.3) is 0 Å². The quantitative estimate of drug-likeness (QED) is 0.875. The lowest BCUT2D eigenvalue weighted by Gasteiger charge is -2.15. The Morgan fingerprint density at radius 1 is 1.44 bits per heavy atom. The number of aliphatic hydroxyl groups excluding tert-OH is 1. The smallest absolute Gasteiger partial charge is 0.0622 e. The summed E-state index contributed by atoms with van der Waals surface area (Å²) in [5.74, 6) is 0.718. The van der Waals surface area contributed by atoms with Crippen molar-refractivity contribution in [3.63, 3.8) is 0 Å². The molecule has 1 N–H and O–H groups in total. The second kappa shape index (κ2) is 5.65. The van der Waals surface area contributed by atoms with Crippen LogP contribution in [0.1, 0.15) is 37.7 Å². The van der Waals surface area contributed by atoms with Gasteiger partial charge in [-0.1, -0.05) is 37.3 Å². The number of halogens is 1. The van der Waals surface area contributed by atoms with Gasteiger partial charge in [0.15, 0.2) is 0 Å². The van der Waals surface area contributed by atoms with Crippen molar-refractivity contribution in [1.82, 2.24) is 4.98 Å². The second-order valence-corrected chi connectivity index (χ2v) is 5.12. The molecular weight excluding hydrogens is 222 g/mol. The molecule has 1 fully saturated rings. The molecule has 88 valence electrons. The van der Waals surface area contributed by atoms with E-state index in [9.17, 15) is 5.11 Å². The number of pyridine rings is 1. The van der Waals surface area contributed by atoms with Crippen LogP contribution in [0.4, 0.5) is 0 Å². The lowest BCUT2D eigenvalue weighted by Crippen LogP contribution is -2.15. The maximum Gasteiger partial charge on any atom is 0.0622 e. The molecule has 16 heavy (non-hydrogen) atoms. The summed E-state index contributed by atoms with van der Waals surface area (Å²) < 4.78 is 0. The van der Waals surface area contributed by atoms with E-state index in [0.717, 1.165) is 17.9 Å². The fraction of sp³-hybridized carbons (Fsp3) is 0.615. The Labute approximate surface area is 102 Å². The first-order chi connectivity index (χ1) is 7.75. The third-order valence-electron chi connectivity index (χ3n) is 3.39. The Morgan fingerprint density at radius 2 is 2.19 bits per heavy atom. The highest BCUT2D eigenvalue weighted by atomic mass is 35.5. The maximum absolute atomic E-state index is 10.0. The van der Waals surface area contributed by atoms with Gasteiger partial charge in [-0.3, -0.25) is 4.98 Å². The lowest BCUT2D eigenvalue weighted by atomic mass is 9.96. The summed E-state index contributed by atoms with van der Waals surface area (Å²) in [7, 11) is 0. The van der Waals surface area contributed by atoms with Crippen molar-refractivity contribution in [2.45, 2.75) is 44.6 Å². The molecule has 0 aliphatic heterocycles. The number of hydrogen-bond acceptors (Lipinski definition) is 2. The molecule has 1 unspecified atom stereocenters. The number of aliphatic hydroxyl groups is 1. The fourth-order valence-corrected chi connectivity index (χ4v) is 2.73. The van der Waals surface area contributed by atoms with Gasteiger partial charge in [0, 0.05) is 12.4 Å². The van der Waals surface area contributed by atoms with E-state index in [-0.39, 0.29) is 6.10 Å². The van der Waals surface area contributed by atoms with E-state index in [0.29, 0.717) is 11.4 Å². The van der Waals surface area contributed by atoms with Crippen LogP contribution < -0.4 is 0 Å². The van der Waals surface area contributed by atoms with Crippen LogP contribution in [0.3, 0.4) is 0 Å². The van der Waals surface area contributed by atoms with Crippen molar-refractivity contribution in [2.75, 3.05) is 0 Å². The van der Waals surface area contributed by atoms with Crippen LogP contribution in [-0.2, 0) is 6.42 Å². The minimum Gasteiger partial charge on any atom is -0.393 e. The van der Waals surface area contributed by atoms with Gasteiger partial charge >= 0.3 is 0 Å². The van der Waals surface area contributed by atoms with E-state index < -0.39 is 0 Å². The summed E-state index contributed by atoms with van der Waals surface area (Å²) in [6, 6.07) is 1.89. The van der Waals surface area contributed by atoms with Crippen molar-refractivity contribution in [3.8, 4) is 0 Å². The third-order valence-corrected chi connectivity index (χ3v) is 3.73. The van der Waals surface area contributed by atoms with Crippen LogP contribution in [-0.4, -0.2) is 16.2 Å². The van der Waals surface area contributed by atoms with Gasteiger partial charge in [0.05, 0.1) is 11.1 Å². The largest absolute Gasteiger partial charge is 0.393 e. The predicted octanol–water partition coefficient (Wildman–Crippen LogP) is 3.22. The standard InChI is InChI=1S/C13H18ClNO/c14-13-9-15-6-5-11(13)8-12(16)7-10-3-1-2-4-10/h5-6,9-10,12,16H,1-4,7-8H2. The molecule has 0 saturated heterocycles. The van der Waals surface area contributed by atoms with Crippen LogP contribution in [0.15, 0.2) is 18.5 Å². The van der Waals surface area contributed by atoms with Gasteiger partial charge < -0.3 is 5.11 Å². The first kappa shape index (κ1) is 11.9. The van der Waals surface area contributed by atoms with Crippen LogP contribution in [0.25, 0.3) is 0 Å². The van der Waals surface area contributed by atoms with E-state index in [1.54, 1.807) is 12.4 Å². The molecule has 1 heterocycles. The molecule has 1 aliphatic rings. The Bertz CT molecular complexity index is 336. The van der Waals surface area contributed by atoms with Gasteiger partial charge in [-0.05, 0) is 30.4 Å². The van der Waals surface area contributed by atoms with E-state index >= 15 is 0 Å². The molecule has 3 heteroatoms. The maximum atomic E-state index is 10.0. The summed E-state index contributed by atoms with van der Waals surface area (Å²) in [5.41, 5.74) is 1.00. The number of nitrogens with zero attached hydrogens (tertiary/aromatic N) is 1. The van der Waals surface area contributed by atoms with Crippen LogP contribution in [0.5, 0.6) is 0 Å². The summed E-state index contributed by atoms with van der Waals surface area (Å²) in [4.78, 5) is 3.94. The molecule has 0 aromatic carbocycles. The van der Waals surface area contributed by atoms with E-state index in [4.69, 9.17) is 11.6 Å². The molecule has 1 aliphatic carbocycles. The first-order valence-corrected chi connectivity index (χ1v) is 6.40. The predicted molar refractivity (Wildman–Crippen MR) is 65.5 cm³/mol. The minimum atomic E-state index is -0.261. The summed E-state index contributed by atoms with van der Waals surface area (Å²) in [5, 5.41) is 10.7. The topological polar surface area (TPSA) is 33.1 Å². The molecule has 0 amide bonds. The van der Waals surface area contributed by atoms with Gasteiger partial charge in [-0.25, -0.2) is 0 Å². The van der Waals surface area contributed by atoms with E-state index in [2.05, 4.69) is 4.98 Å². The molecule has 1 aromatic rings. The normalized spacial score (nSPS) is 18.9. The average Bonchev–Trinajstić information content (AvgIpc) is 2.74. The molecule has 0 spiro atoms. The van der Waals surface area contributed by atoms with Crippen molar-refractivity contribution >= 4 is 11.6 Å². The minimum absolute atomic E-state index is 0.261. The highest BCUT2D eigenvalue weighted by molar-refractivity contribution is 6.31. The Hall–Kier alpha value is -0.600. The lowest BCUT2D eigenvalue weighted by molar-refractivity contribution is 0.143. The number of hydrogen-bond donors (Lipinski definition) is 1. The zero-order chi connectivity index (χ0) is 11.4. The monoisotopic (exact) mass is 239 g/mol. The molecule has 2 rings (SSSR count). The average molecular weight is 240 g/mol. The zero-order valence-corrected chi connectivity index (χ0v) is 10.2. The second-order valence-electron chi connectivity index (χ2n) is 4.71. The van der Waals surface area contributed by atoms with E-state index in [1.165, 1.54) is 25.7 Å². The molecule has 1 atom stereocenters. The van der Waals surface area contributed by atoms with Crippen LogP contribution in [0.2, 0.25) is 5.02 Å². The van der Waals surface area contributed by atoms with Crippen molar-refractivity contribution in [3.05, 3.63) is 29.0 Å². The Morgan fingerprint density at radius 3 is 2.88 bits per heavy atom. The molecule has 1 aromatic heterocycles. The van der Waals surface area contributed by atoms with Crippen molar-refractivity contribution in [1.29, 1.82) is 0 Å². The third kappa shape index (κ3) is 3.19. The fourth-order valence-electron chi connectivity index (χ4n) is 2.54. The Kier molecular flexibility index (Phi) is 4.19. The molecule has 1 saturated carbocycles. The molecule has 0 radical (unpaired) electrons.